The molecule has 7 aromatic carbocycles. The van der Waals surface area contributed by atoms with Crippen molar-refractivity contribution in [3.8, 4) is 0 Å². The molecule has 0 aliphatic heterocycles. The van der Waals surface area contributed by atoms with E-state index in [0.29, 0.717) is 12.2 Å². The summed E-state index contributed by atoms with van der Waals surface area (Å²) in [5, 5.41) is 22.1. The van der Waals surface area contributed by atoms with Crippen molar-refractivity contribution in [1.29, 1.82) is 0 Å². The van der Waals surface area contributed by atoms with E-state index < -0.39 is 111 Å². The summed E-state index contributed by atoms with van der Waals surface area (Å²) in [7, 11) is -3.17. The topological polar surface area (TPSA) is 226 Å². The first-order valence-corrected chi connectivity index (χ1v) is 31.7. The number of aliphatic hydroxyl groups is 1. The van der Waals surface area contributed by atoms with E-state index in [0.717, 1.165) is 38.9 Å². The minimum Gasteiger partial charge on any atom is -0.468 e. The Kier molecular flexibility index (Phi) is 24.1. The van der Waals surface area contributed by atoms with Crippen LogP contribution in [0.15, 0.2) is 223 Å². The smallest absolute Gasteiger partial charge is 0.325 e. The Labute approximate surface area is 512 Å². The third-order valence-corrected chi connectivity index (χ3v) is 18.9. The van der Waals surface area contributed by atoms with Gasteiger partial charge in [0.05, 0.1) is 34.0 Å². The van der Waals surface area contributed by atoms with Crippen molar-refractivity contribution in [2.75, 3.05) is 25.2 Å². The third kappa shape index (κ3) is 17.4. The van der Waals surface area contributed by atoms with Gasteiger partial charge in [0.1, 0.15) is 24.7 Å². The number of aliphatic hydroxyl groups excluding tert-OH is 1. The second-order valence-corrected chi connectivity index (χ2v) is 25.0. The molecule has 0 unspecified atom stereocenters. The molecule has 0 aromatic heterocycles. The summed E-state index contributed by atoms with van der Waals surface area (Å²) in [5.74, 6) is -4.93. The number of rotatable bonds is 30. The number of thioether (sulfide) groups is 2. The Hall–Kier alpha value is -8.29. The maximum absolute atomic E-state index is 15.0. The molecule has 15 nitrogen and oxygen atoms in total. The van der Waals surface area contributed by atoms with Crippen LogP contribution in [0.3, 0.4) is 0 Å². The summed E-state index contributed by atoms with van der Waals surface area (Å²) in [6.07, 6.45) is 0.959. The van der Waals surface area contributed by atoms with Gasteiger partial charge in [0.25, 0.3) is 10.0 Å². The van der Waals surface area contributed by atoms with E-state index in [-0.39, 0.29) is 10.6 Å². The van der Waals surface area contributed by atoms with Crippen molar-refractivity contribution in [2.24, 2.45) is 5.92 Å². The van der Waals surface area contributed by atoms with Crippen LogP contribution in [0.4, 0.5) is 0 Å². The number of allylic oxidation sites excluding steroid dienone is 1. The molecule has 0 radical (unpaired) electrons. The number of benzene rings is 7. The molecule has 0 fully saturated rings. The normalized spacial score (nSPS) is 13.1. The Morgan fingerprint density at radius 1 is 0.558 bits per heavy atom. The molecule has 4 atom stereocenters. The number of methoxy groups -OCH3 is 1. The van der Waals surface area contributed by atoms with Crippen molar-refractivity contribution in [2.45, 2.75) is 85.1 Å². The van der Waals surface area contributed by atoms with Gasteiger partial charge in [0.15, 0.2) is 0 Å². The molecule has 448 valence electrons. The molecular weight excluding hydrogens is 1140 g/mol. The number of sulfonamides is 1. The summed E-state index contributed by atoms with van der Waals surface area (Å²) < 4.78 is 31.9. The van der Waals surface area contributed by atoms with Crippen LogP contribution in [0.25, 0.3) is 0 Å². The Morgan fingerprint density at radius 2 is 0.988 bits per heavy atom. The van der Waals surface area contributed by atoms with Gasteiger partial charge in [-0.2, -0.15) is 0 Å². The fraction of sp³-hybridized carbons (Fsp3) is 0.265. The summed E-state index contributed by atoms with van der Waals surface area (Å²) in [6, 6.07) is 61.2. The summed E-state index contributed by atoms with van der Waals surface area (Å²) in [6.45, 7) is 4.71. The number of carbonyl (C=O) groups is 6. The van der Waals surface area contributed by atoms with E-state index in [1.807, 2.05) is 146 Å². The number of ether oxygens (including phenoxy) is 1. The van der Waals surface area contributed by atoms with Crippen LogP contribution in [0.2, 0.25) is 0 Å². The van der Waals surface area contributed by atoms with Crippen LogP contribution in [-0.4, -0.2) is 98.4 Å². The average molecular weight is 1220 g/mol. The lowest BCUT2D eigenvalue weighted by atomic mass is 9.84. The minimum atomic E-state index is -4.35. The van der Waals surface area contributed by atoms with Crippen molar-refractivity contribution in [1.82, 2.24) is 26.0 Å². The quantitative estimate of drug-likeness (QED) is 0.0107. The van der Waals surface area contributed by atoms with Gasteiger partial charge in [-0.1, -0.05) is 226 Å². The monoisotopic (exact) mass is 1220 g/mol. The molecule has 0 spiro atoms. The Bertz CT molecular complexity index is 3280. The molecule has 86 heavy (non-hydrogen) atoms. The van der Waals surface area contributed by atoms with Gasteiger partial charge in [0.2, 0.25) is 29.5 Å². The van der Waals surface area contributed by atoms with E-state index in [1.165, 1.54) is 37.1 Å². The molecule has 0 aliphatic carbocycles. The molecule has 0 aliphatic rings. The lowest BCUT2D eigenvalue weighted by Crippen LogP contribution is -2.59. The van der Waals surface area contributed by atoms with Crippen molar-refractivity contribution < 1.29 is 47.0 Å². The molecule has 0 saturated carbocycles. The third-order valence-electron chi connectivity index (χ3n) is 14.3. The number of hydrogen-bond acceptors (Lipinski definition) is 12. The van der Waals surface area contributed by atoms with Crippen LogP contribution in [0.1, 0.15) is 78.5 Å². The van der Waals surface area contributed by atoms with Gasteiger partial charge in [0, 0.05) is 12.2 Å². The highest BCUT2D eigenvalue weighted by Crippen LogP contribution is 2.50. The van der Waals surface area contributed by atoms with E-state index in [4.69, 9.17) is 4.74 Å². The van der Waals surface area contributed by atoms with E-state index in [2.05, 4.69) is 62.4 Å². The van der Waals surface area contributed by atoms with Crippen molar-refractivity contribution in [3.05, 3.63) is 257 Å². The maximum atomic E-state index is 15.0. The van der Waals surface area contributed by atoms with Gasteiger partial charge in [-0.3, -0.25) is 28.8 Å². The highest BCUT2D eigenvalue weighted by Gasteiger charge is 2.41. The largest absolute Gasteiger partial charge is 0.468 e. The van der Waals surface area contributed by atoms with Crippen molar-refractivity contribution >= 4 is 69.1 Å². The van der Waals surface area contributed by atoms with Crippen LogP contribution in [-0.2, 0) is 53.0 Å². The van der Waals surface area contributed by atoms with Gasteiger partial charge in [-0.25, -0.2) is 13.1 Å². The number of esters is 1. The van der Waals surface area contributed by atoms with Gasteiger partial charge < -0.3 is 31.1 Å². The lowest BCUT2D eigenvalue weighted by molar-refractivity contribution is -0.141. The molecule has 5 amide bonds. The highest BCUT2D eigenvalue weighted by molar-refractivity contribution is 8.01. The van der Waals surface area contributed by atoms with E-state index in [9.17, 15) is 42.3 Å². The predicted molar refractivity (Wildman–Crippen MR) is 339 cm³/mol. The molecule has 0 heterocycles. The number of aryl methyl sites for hydroxylation is 1. The van der Waals surface area contributed by atoms with Crippen LogP contribution in [0, 0.1) is 12.8 Å². The fourth-order valence-electron chi connectivity index (χ4n) is 9.90. The number of carbonyl (C=O) groups excluding carboxylic acids is 6. The van der Waals surface area contributed by atoms with Crippen LogP contribution < -0.4 is 26.0 Å². The first-order chi connectivity index (χ1) is 41.5. The van der Waals surface area contributed by atoms with Gasteiger partial charge in [-0.15, -0.1) is 23.5 Å². The summed E-state index contributed by atoms with van der Waals surface area (Å²) in [4.78, 5) is 83.1. The minimum absolute atomic E-state index is 0.147. The molecule has 18 heteroatoms. The number of amides is 5. The number of hydrogen-bond donors (Lipinski definition) is 6. The van der Waals surface area contributed by atoms with E-state index in [1.54, 1.807) is 50.7 Å². The zero-order valence-electron chi connectivity index (χ0n) is 48.5. The lowest BCUT2D eigenvalue weighted by Gasteiger charge is -2.37. The van der Waals surface area contributed by atoms with Gasteiger partial charge in [-0.05, 0) is 76.9 Å². The summed E-state index contributed by atoms with van der Waals surface area (Å²) in [5.41, 5.74) is 6.62. The second kappa shape index (κ2) is 31.7. The Balaban J connectivity index is 1.16. The molecular formula is C68H73N5O10S3. The Morgan fingerprint density at radius 3 is 1.42 bits per heavy atom. The molecule has 6 N–H and O–H groups in total. The first kappa shape index (κ1) is 65.3. The van der Waals surface area contributed by atoms with Crippen molar-refractivity contribution in [3.63, 3.8) is 0 Å². The van der Waals surface area contributed by atoms with E-state index >= 15 is 0 Å². The zero-order chi connectivity index (χ0) is 61.5. The number of nitrogens with one attached hydrogen (secondary N) is 5. The van der Waals surface area contributed by atoms with Crippen LogP contribution >= 0.6 is 23.5 Å². The second-order valence-electron chi connectivity index (χ2n) is 20.8. The first-order valence-electron chi connectivity index (χ1n) is 28.3. The fourth-order valence-corrected chi connectivity index (χ4v) is 13.9. The predicted octanol–water partition coefficient (Wildman–Crippen LogP) is 9.13. The maximum Gasteiger partial charge on any atom is 0.325 e. The molecule has 0 saturated heterocycles. The standard InChI is InChI=1S/C68H73N5O10S3/c1-48(2)63(66(80)69-46-62(77)83-4)72-65(79)59(47-85-68(53-31-17-8-18-32-53,54-33-19-9-20-34-54)55-35-21-10-22-36-55)71-64(78)58(42-43-60(75)73-86(81,82)57-40-38-49(3)39-41-57)70-61(76)45-56(74)37-23-24-44-84-67(50-25-11-5-12-26-50,51-27-13-6-14-28-51)52-29-15-7-16-30-52/h5-23,25-41,48,56,58-59,63,74H,24,42-47H2,1-4H3,(H,69,80)(H,70,76)(H,71,78)(H,72,79)(H,73,75)/b37-23+/t56-,58-,59-,63-/m1/s1. The SMILES string of the molecule is COC(=O)CNC(=O)[C@H](NC(=O)[C@@H](CSC(c1ccccc1)(c1ccccc1)c1ccccc1)NC(=O)[C@@H](CCC(=O)NS(=O)(=O)c1ccc(C)cc1)NC(=O)C[C@H](O)/C=C/CCSC(c1ccccc1)(c1ccccc1)c1ccccc1)C(C)C. The summed E-state index contributed by atoms with van der Waals surface area (Å²) >= 11 is 3.08. The average Bonchev–Trinajstić information content (AvgIpc) is 2.02. The highest BCUT2D eigenvalue weighted by atomic mass is 32.2. The van der Waals surface area contributed by atoms with Crippen LogP contribution in [0.5, 0.6) is 0 Å². The zero-order valence-corrected chi connectivity index (χ0v) is 50.9. The van der Waals surface area contributed by atoms with Gasteiger partial charge >= 0.3 is 5.97 Å². The molecule has 0 bridgehead atoms. The molecule has 7 rings (SSSR count). The molecule has 7 aromatic rings.